The zero-order valence-corrected chi connectivity index (χ0v) is 17.2. The molecule has 158 valence electrons. The van der Waals surface area contributed by atoms with Crippen molar-refractivity contribution in [2.75, 3.05) is 19.7 Å². The Labute approximate surface area is 176 Å². The van der Waals surface area contributed by atoms with Crippen LogP contribution in [0.3, 0.4) is 0 Å². The second-order valence-electron chi connectivity index (χ2n) is 7.82. The van der Waals surface area contributed by atoms with Gasteiger partial charge in [-0.15, -0.1) is 0 Å². The molecule has 1 atom stereocenters. The van der Waals surface area contributed by atoms with Gasteiger partial charge in [-0.05, 0) is 56.1 Å². The molecule has 0 saturated carbocycles. The van der Waals surface area contributed by atoms with E-state index in [0.717, 1.165) is 38.2 Å². The molecule has 0 unspecified atom stereocenters. The molecule has 0 radical (unpaired) electrons. The summed E-state index contributed by atoms with van der Waals surface area (Å²) in [7, 11) is 0. The third-order valence-electron chi connectivity index (χ3n) is 5.89. The van der Waals surface area contributed by atoms with Gasteiger partial charge in [0.1, 0.15) is 6.33 Å². The van der Waals surface area contributed by atoms with Gasteiger partial charge in [-0.2, -0.15) is 0 Å². The number of fused-ring (bicyclic) bond motifs is 1. The number of likely N-dealkylation sites (tertiary alicyclic amines) is 1. The lowest BCUT2D eigenvalue weighted by molar-refractivity contribution is 0.0912. The van der Waals surface area contributed by atoms with Crippen LogP contribution in [0.25, 0.3) is 5.65 Å². The standard InChI is InChI=1S/C22H28N6O2/c1-2-18(14-29)26-22(30)20-21-24-10-5-19(28(21)15-25-20)17-6-11-27(12-7-17)13-16-3-8-23-9-4-16/h3-5,8-10,15,17-18,29H,2,6-7,11-14H2,1H3,(H,26,30)/t18-/m0/s1. The quantitative estimate of drug-likeness (QED) is 0.621. The number of imidazole rings is 1. The highest BCUT2D eigenvalue weighted by atomic mass is 16.3. The highest BCUT2D eigenvalue weighted by molar-refractivity contribution is 5.98. The molecule has 4 heterocycles. The number of aromatic nitrogens is 4. The van der Waals surface area contributed by atoms with Crippen molar-refractivity contribution in [3.8, 4) is 0 Å². The molecular formula is C22H28N6O2. The Kier molecular flexibility index (Phi) is 6.35. The molecule has 3 aromatic rings. The lowest BCUT2D eigenvalue weighted by atomic mass is 9.93. The van der Waals surface area contributed by atoms with E-state index in [-0.39, 0.29) is 18.6 Å². The summed E-state index contributed by atoms with van der Waals surface area (Å²) in [6.07, 6.45) is 9.88. The van der Waals surface area contributed by atoms with Crippen molar-refractivity contribution in [2.24, 2.45) is 0 Å². The molecule has 3 aromatic heterocycles. The number of piperidine rings is 1. The maximum Gasteiger partial charge on any atom is 0.274 e. The van der Waals surface area contributed by atoms with Gasteiger partial charge < -0.3 is 10.4 Å². The molecule has 1 saturated heterocycles. The lowest BCUT2D eigenvalue weighted by Crippen LogP contribution is -2.37. The van der Waals surface area contributed by atoms with Crippen molar-refractivity contribution in [2.45, 2.75) is 44.7 Å². The number of pyridine rings is 1. The highest BCUT2D eigenvalue weighted by Gasteiger charge is 2.25. The summed E-state index contributed by atoms with van der Waals surface area (Å²) >= 11 is 0. The largest absolute Gasteiger partial charge is 0.394 e. The smallest absolute Gasteiger partial charge is 0.274 e. The Morgan fingerprint density at radius 1 is 1.20 bits per heavy atom. The van der Waals surface area contributed by atoms with E-state index in [1.54, 1.807) is 12.5 Å². The van der Waals surface area contributed by atoms with Crippen LogP contribution in [0.4, 0.5) is 0 Å². The van der Waals surface area contributed by atoms with Crippen LogP contribution in [-0.4, -0.2) is 61.0 Å². The highest BCUT2D eigenvalue weighted by Crippen LogP contribution is 2.29. The summed E-state index contributed by atoms with van der Waals surface area (Å²) in [5, 5.41) is 12.2. The molecule has 0 bridgehead atoms. The van der Waals surface area contributed by atoms with Gasteiger partial charge in [-0.1, -0.05) is 6.92 Å². The summed E-state index contributed by atoms with van der Waals surface area (Å²) in [6.45, 7) is 4.81. The third kappa shape index (κ3) is 4.34. The fourth-order valence-electron chi connectivity index (χ4n) is 4.08. The van der Waals surface area contributed by atoms with Crippen LogP contribution < -0.4 is 5.32 Å². The first-order chi connectivity index (χ1) is 14.7. The average molecular weight is 409 g/mol. The maximum absolute atomic E-state index is 12.6. The van der Waals surface area contributed by atoms with Crippen molar-refractivity contribution in [1.29, 1.82) is 0 Å². The Balaban J connectivity index is 1.46. The molecule has 0 aliphatic carbocycles. The Morgan fingerprint density at radius 3 is 2.67 bits per heavy atom. The minimum Gasteiger partial charge on any atom is -0.394 e. The van der Waals surface area contributed by atoms with Crippen molar-refractivity contribution in [3.05, 3.63) is 60.1 Å². The number of carbonyl (C=O) groups is 1. The van der Waals surface area contributed by atoms with E-state index < -0.39 is 0 Å². The van der Waals surface area contributed by atoms with E-state index in [2.05, 4.69) is 37.3 Å². The second-order valence-corrected chi connectivity index (χ2v) is 7.82. The molecule has 1 aliphatic rings. The number of aliphatic hydroxyl groups is 1. The summed E-state index contributed by atoms with van der Waals surface area (Å²) in [6, 6.07) is 5.89. The molecule has 1 amide bonds. The van der Waals surface area contributed by atoms with Gasteiger partial charge in [-0.25, -0.2) is 9.97 Å². The van der Waals surface area contributed by atoms with Gasteiger partial charge in [-0.3, -0.25) is 19.1 Å². The topological polar surface area (TPSA) is 95.6 Å². The van der Waals surface area contributed by atoms with Crippen molar-refractivity contribution < 1.29 is 9.90 Å². The monoisotopic (exact) mass is 408 g/mol. The molecule has 8 heteroatoms. The molecule has 2 N–H and O–H groups in total. The summed E-state index contributed by atoms with van der Waals surface area (Å²) in [4.78, 5) is 27.9. The third-order valence-corrected chi connectivity index (χ3v) is 5.89. The molecular weight excluding hydrogens is 380 g/mol. The van der Waals surface area contributed by atoms with Gasteiger partial charge in [0, 0.05) is 36.7 Å². The van der Waals surface area contributed by atoms with E-state index in [1.165, 1.54) is 5.56 Å². The predicted octanol–water partition coefficient (Wildman–Crippen LogP) is 2.00. The van der Waals surface area contributed by atoms with E-state index in [0.29, 0.717) is 23.7 Å². The zero-order chi connectivity index (χ0) is 20.9. The van der Waals surface area contributed by atoms with Gasteiger partial charge >= 0.3 is 0 Å². The minimum atomic E-state index is -0.296. The summed E-state index contributed by atoms with van der Waals surface area (Å²) in [5.74, 6) is 0.102. The fourth-order valence-corrected chi connectivity index (χ4v) is 4.08. The van der Waals surface area contributed by atoms with Gasteiger partial charge in [0.15, 0.2) is 11.3 Å². The number of nitrogens with one attached hydrogen (secondary N) is 1. The van der Waals surface area contributed by atoms with Gasteiger partial charge in [0.2, 0.25) is 0 Å². The van der Waals surface area contributed by atoms with Crippen molar-refractivity contribution in [3.63, 3.8) is 0 Å². The van der Waals surface area contributed by atoms with Crippen LogP contribution >= 0.6 is 0 Å². The summed E-state index contributed by atoms with van der Waals surface area (Å²) < 4.78 is 1.94. The van der Waals surface area contributed by atoms with Crippen LogP contribution in [0.15, 0.2) is 43.1 Å². The number of aliphatic hydroxyl groups excluding tert-OH is 1. The number of carbonyl (C=O) groups excluding carboxylic acids is 1. The lowest BCUT2D eigenvalue weighted by Gasteiger charge is -2.32. The average Bonchev–Trinajstić information content (AvgIpc) is 3.23. The number of nitrogens with zero attached hydrogens (tertiary/aromatic N) is 5. The molecule has 8 nitrogen and oxygen atoms in total. The minimum absolute atomic E-state index is 0.0925. The zero-order valence-electron chi connectivity index (χ0n) is 17.2. The molecule has 30 heavy (non-hydrogen) atoms. The molecule has 1 aliphatic heterocycles. The Hall–Kier alpha value is -2.84. The molecule has 1 fully saturated rings. The number of rotatable bonds is 7. The first-order valence-corrected chi connectivity index (χ1v) is 10.5. The second kappa shape index (κ2) is 9.32. The number of amides is 1. The normalized spacial score (nSPS) is 16.6. The van der Waals surface area contributed by atoms with Gasteiger partial charge in [0.05, 0.1) is 12.6 Å². The first kappa shape index (κ1) is 20.4. The predicted molar refractivity (Wildman–Crippen MR) is 113 cm³/mol. The first-order valence-electron chi connectivity index (χ1n) is 10.5. The SMILES string of the molecule is CC[C@@H](CO)NC(=O)c1ncn2c(C3CCN(Cc4ccncc4)CC3)ccnc12. The van der Waals surface area contributed by atoms with Crippen LogP contribution in [-0.2, 0) is 6.54 Å². The van der Waals surface area contributed by atoms with Crippen molar-refractivity contribution in [1.82, 2.24) is 29.6 Å². The molecule has 0 spiro atoms. The van der Waals surface area contributed by atoms with E-state index in [4.69, 9.17) is 0 Å². The van der Waals surface area contributed by atoms with Crippen LogP contribution in [0, 0.1) is 0 Å². The molecule has 4 rings (SSSR count). The summed E-state index contributed by atoms with van der Waals surface area (Å²) in [5.41, 5.74) is 3.30. The van der Waals surface area contributed by atoms with Crippen molar-refractivity contribution >= 4 is 11.6 Å². The van der Waals surface area contributed by atoms with E-state index >= 15 is 0 Å². The van der Waals surface area contributed by atoms with Crippen LogP contribution in [0.1, 0.15) is 53.8 Å². The van der Waals surface area contributed by atoms with E-state index in [1.807, 2.05) is 29.8 Å². The number of hydrogen-bond donors (Lipinski definition) is 2. The van der Waals surface area contributed by atoms with E-state index in [9.17, 15) is 9.90 Å². The fraction of sp³-hybridized carbons (Fsp3) is 0.455. The Bertz CT molecular complexity index is 978. The molecule has 0 aromatic carbocycles. The maximum atomic E-state index is 12.6. The van der Waals surface area contributed by atoms with Crippen LogP contribution in [0.2, 0.25) is 0 Å². The Morgan fingerprint density at radius 2 is 1.97 bits per heavy atom. The number of hydrogen-bond acceptors (Lipinski definition) is 6. The van der Waals surface area contributed by atoms with Gasteiger partial charge in [0.25, 0.3) is 5.91 Å². The van der Waals surface area contributed by atoms with Crippen LogP contribution in [0.5, 0.6) is 0 Å².